The lowest BCUT2D eigenvalue weighted by molar-refractivity contribution is -0.113. The fourth-order valence-electron chi connectivity index (χ4n) is 3.22. The molecule has 1 aliphatic heterocycles. The van der Waals surface area contributed by atoms with Crippen molar-refractivity contribution in [3.05, 3.63) is 71.7 Å². The highest BCUT2D eigenvalue weighted by molar-refractivity contribution is 8.26. The van der Waals surface area contributed by atoms with Crippen molar-refractivity contribution >= 4 is 33.0 Å². The minimum Gasteiger partial charge on any atom is -0.343 e. The van der Waals surface area contributed by atoms with Crippen LogP contribution < -0.4 is 0 Å². The third kappa shape index (κ3) is 2.72. The lowest BCUT2D eigenvalue weighted by Gasteiger charge is -2.16. The van der Waals surface area contributed by atoms with Gasteiger partial charge in [-0.05, 0) is 23.8 Å². The van der Waals surface area contributed by atoms with Crippen LogP contribution in [0.15, 0.2) is 54.7 Å². The molecule has 0 N–H and O–H groups in total. The van der Waals surface area contributed by atoms with E-state index in [1.807, 2.05) is 35.0 Å². The first-order valence-electron chi connectivity index (χ1n) is 7.85. The first-order chi connectivity index (χ1) is 12.0. The third-order valence-electron chi connectivity index (χ3n) is 4.47. The van der Waals surface area contributed by atoms with Crippen molar-refractivity contribution in [3.63, 3.8) is 0 Å². The second-order valence-corrected chi connectivity index (χ2v) is 7.01. The number of nitrogens with zero attached hydrogens (tertiary/aromatic N) is 2. The van der Waals surface area contributed by atoms with Crippen molar-refractivity contribution in [3.8, 4) is 0 Å². The van der Waals surface area contributed by atoms with Gasteiger partial charge in [0.05, 0.1) is 0 Å². The summed E-state index contributed by atoms with van der Waals surface area (Å²) in [6.07, 6.45) is 1.92. The van der Waals surface area contributed by atoms with Crippen LogP contribution in [0.2, 0.25) is 0 Å². The Kier molecular flexibility index (Phi) is 3.84. The van der Waals surface area contributed by atoms with Crippen LogP contribution in [0.1, 0.15) is 17.2 Å². The van der Waals surface area contributed by atoms with Gasteiger partial charge in [0.1, 0.15) is 11.9 Å². The minimum absolute atomic E-state index is 0.155. The Morgan fingerprint density at radius 3 is 2.48 bits per heavy atom. The van der Waals surface area contributed by atoms with E-state index in [1.165, 1.54) is 17.0 Å². The van der Waals surface area contributed by atoms with E-state index in [0.717, 1.165) is 33.8 Å². The zero-order chi connectivity index (χ0) is 17.6. The van der Waals surface area contributed by atoms with E-state index < -0.39 is 6.04 Å². The minimum atomic E-state index is -0.572. The summed E-state index contributed by atoms with van der Waals surface area (Å²) in [4.78, 5) is 25.6. The third-order valence-corrected chi connectivity index (χ3v) is 5.35. The maximum Gasteiger partial charge on any atom is 0.289 e. The van der Waals surface area contributed by atoms with E-state index in [0.29, 0.717) is 6.54 Å². The number of likely N-dealkylation sites (N-methyl/N-ethyl adjacent to an activating group) is 1. The van der Waals surface area contributed by atoms with Crippen LogP contribution in [0.5, 0.6) is 0 Å². The molecule has 0 radical (unpaired) electrons. The van der Waals surface area contributed by atoms with Gasteiger partial charge in [0, 0.05) is 48.0 Å². The molecule has 25 heavy (non-hydrogen) atoms. The molecule has 3 aromatic rings. The van der Waals surface area contributed by atoms with Crippen LogP contribution >= 0.6 is 11.8 Å². The lowest BCUT2D eigenvalue weighted by atomic mass is 10.1. The molecule has 0 aliphatic carbocycles. The summed E-state index contributed by atoms with van der Waals surface area (Å²) in [5, 5.41) is 0.563. The number of hydrogen-bond acceptors (Lipinski definition) is 3. The molecule has 2 aromatic carbocycles. The zero-order valence-corrected chi connectivity index (χ0v) is 14.3. The maximum absolute atomic E-state index is 13.1. The molecule has 0 spiro atoms. The summed E-state index contributed by atoms with van der Waals surface area (Å²) in [7, 11) is 1.65. The monoisotopic (exact) mass is 354 g/mol. The molecule has 2 heterocycles. The van der Waals surface area contributed by atoms with Crippen molar-refractivity contribution in [1.29, 1.82) is 0 Å². The summed E-state index contributed by atoms with van der Waals surface area (Å²) in [5.41, 5.74) is 2.76. The van der Waals surface area contributed by atoms with Gasteiger partial charge >= 0.3 is 0 Å². The van der Waals surface area contributed by atoms with Crippen LogP contribution in [0.25, 0.3) is 10.9 Å². The summed E-state index contributed by atoms with van der Waals surface area (Å²) < 4.78 is 15.2. The predicted molar refractivity (Wildman–Crippen MR) is 95.9 cm³/mol. The first-order valence-corrected chi connectivity index (χ1v) is 8.67. The van der Waals surface area contributed by atoms with Crippen molar-refractivity contribution in [2.24, 2.45) is 0 Å². The second-order valence-electron chi connectivity index (χ2n) is 6.06. The van der Waals surface area contributed by atoms with Gasteiger partial charge in [-0.3, -0.25) is 9.59 Å². The van der Waals surface area contributed by atoms with Crippen molar-refractivity contribution in [1.82, 2.24) is 9.47 Å². The van der Waals surface area contributed by atoms with E-state index in [4.69, 9.17) is 0 Å². The first kappa shape index (κ1) is 15.9. The molecule has 1 aromatic heterocycles. The number of aromatic nitrogens is 1. The van der Waals surface area contributed by atoms with Gasteiger partial charge in [-0.1, -0.05) is 30.3 Å². The largest absolute Gasteiger partial charge is 0.343 e. The summed E-state index contributed by atoms with van der Waals surface area (Å²) in [6.45, 7) is 0.562. The number of fused-ring (bicyclic) bond motifs is 1. The highest BCUT2D eigenvalue weighted by Crippen LogP contribution is 2.39. The molecule has 0 saturated carbocycles. The van der Waals surface area contributed by atoms with Gasteiger partial charge in [-0.2, -0.15) is 0 Å². The summed E-state index contributed by atoms with van der Waals surface area (Å²) >= 11 is 0.752. The maximum atomic E-state index is 13.1. The van der Waals surface area contributed by atoms with Gasteiger partial charge in [0.15, 0.2) is 0 Å². The Labute approximate surface area is 148 Å². The number of carbonyl (C=O) groups is 2. The van der Waals surface area contributed by atoms with Crippen LogP contribution in [0, 0.1) is 5.82 Å². The fraction of sp³-hybridized carbons (Fsp3) is 0.158. The normalized spacial score (nSPS) is 17.7. The van der Waals surface area contributed by atoms with Gasteiger partial charge in [0.2, 0.25) is 5.12 Å². The molecule has 6 heteroatoms. The lowest BCUT2D eigenvalue weighted by Crippen LogP contribution is -2.23. The average Bonchev–Trinajstić information content (AvgIpc) is 3.07. The van der Waals surface area contributed by atoms with E-state index in [-0.39, 0.29) is 16.2 Å². The van der Waals surface area contributed by atoms with E-state index in [1.54, 1.807) is 19.2 Å². The van der Waals surface area contributed by atoms with Crippen molar-refractivity contribution in [2.75, 3.05) is 7.05 Å². The number of rotatable bonds is 3. The quantitative estimate of drug-likeness (QED) is 0.708. The van der Waals surface area contributed by atoms with Crippen LogP contribution in [-0.2, 0) is 11.3 Å². The van der Waals surface area contributed by atoms with Crippen molar-refractivity contribution < 1.29 is 14.0 Å². The molecule has 1 unspecified atom stereocenters. The number of benzene rings is 2. The second kappa shape index (κ2) is 6.04. The van der Waals surface area contributed by atoms with E-state index >= 15 is 0 Å². The molecule has 126 valence electrons. The Hall–Kier alpha value is -2.60. The van der Waals surface area contributed by atoms with E-state index in [9.17, 15) is 14.0 Å². The molecule has 1 amide bonds. The highest BCUT2D eigenvalue weighted by atomic mass is 32.2. The smallest absolute Gasteiger partial charge is 0.289 e. The molecular weight excluding hydrogens is 339 g/mol. The van der Waals surface area contributed by atoms with Crippen LogP contribution in [0.4, 0.5) is 9.18 Å². The van der Waals surface area contributed by atoms with E-state index in [2.05, 4.69) is 0 Å². The van der Waals surface area contributed by atoms with Crippen molar-refractivity contribution in [2.45, 2.75) is 12.6 Å². The van der Waals surface area contributed by atoms with Gasteiger partial charge < -0.3 is 9.47 Å². The molecule has 1 saturated heterocycles. The van der Waals surface area contributed by atoms with Gasteiger partial charge in [0.25, 0.3) is 5.24 Å². The van der Waals surface area contributed by atoms with Crippen LogP contribution in [0.3, 0.4) is 0 Å². The zero-order valence-electron chi connectivity index (χ0n) is 13.5. The standard InChI is InChI=1S/C19H15FN2O2S/c1-21-17(18(23)25-19(21)24)15-11-22(16-5-3-2-4-14(15)16)10-12-6-8-13(20)9-7-12/h2-9,11,17H,10H2,1H3. The SMILES string of the molecule is CN1C(=O)SC(=O)C1c1cn(Cc2ccc(F)cc2)c2ccccc12. The topological polar surface area (TPSA) is 42.3 Å². The van der Waals surface area contributed by atoms with Crippen LogP contribution in [-0.4, -0.2) is 26.9 Å². The number of halogens is 1. The Morgan fingerprint density at radius 1 is 1.08 bits per heavy atom. The van der Waals surface area contributed by atoms with Gasteiger partial charge in [-0.25, -0.2) is 4.39 Å². The Bertz CT molecular complexity index is 981. The molecule has 1 fully saturated rings. The molecular formula is C19H15FN2O2S. The number of carbonyl (C=O) groups excluding carboxylic acids is 2. The fourth-order valence-corrected chi connectivity index (χ4v) is 4.04. The van der Waals surface area contributed by atoms with Gasteiger partial charge in [-0.15, -0.1) is 0 Å². The summed E-state index contributed by atoms with van der Waals surface area (Å²) in [6, 6.07) is 13.6. The number of para-hydroxylation sites is 1. The number of hydrogen-bond donors (Lipinski definition) is 0. The Balaban J connectivity index is 1.80. The number of thioether (sulfide) groups is 1. The number of amides is 1. The Morgan fingerprint density at radius 2 is 1.80 bits per heavy atom. The summed E-state index contributed by atoms with van der Waals surface area (Å²) in [5.74, 6) is -0.268. The molecule has 1 aliphatic rings. The average molecular weight is 354 g/mol. The molecule has 0 bridgehead atoms. The molecule has 1 atom stereocenters. The molecule has 4 nitrogen and oxygen atoms in total. The molecule has 4 rings (SSSR count). The predicted octanol–water partition coefficient (Wildman–Crippen LogP) is 4.20. The highest BCUT2D eigenvalue weighted by Gasteiger charge is 2.39.